The summed E-state index contributed by atoms with van der Waals surface area (Å²) in [5, 5.41) is 20.0. The van der Waals surface area contributed by atoms with E-state index in [0.717, 1.165) is 6.20 Å². The molecule has 0 saturated carbocycles. The van der Waals surface area contributed by atoms with Gasteiger partial charge in [-0.15, -0.1) is 0 Å². The topological polar surface area (TPSA) is 264 Å². The Balaban J connectivity index is 2.09. The monoisotopic (exact) mass is 562 g/mol. The molecule has 1 fully saturated rings. The number of rotatable bonds is 8. The summed E-state index contributed by atoms with van der Waals surface area (Å²) in [6.45, 7) is -1.06. The lowest BCUT2D eigenvalue weighted by molar-refractivity contribution is -0.0543. The van der Waals surface area contributed by atoms with E-state index < -0.39 is 65.9 Å². The van der Waals surface area contributed by atoms with Crippen LogP contribution >= 0.6 is 39.4 Å². The molecule has 2 rings (SSSR count). The minimum absolute atomic E-state index is 0.121. The van der Waals surface area contributed by atoms with E-state index in [1.807, 2.05) is 4.98 Å². The average Bonchev–Trinajstić information content (AvgIpc) is 2.81. The summed E-state index contributed by atoms with van der Waals surface area (Å²) in [7, 11) is -16.8. The molecule has 30 heavy (non-hydrogen) atoms. The van der Waals surface area contributed by atoms with Crippen molar-refractivity contribution in [2.24, 2.45) is 0 Å². The molecule has 3 unspecified atom stereocenters. The molecule has 21 heteroatoms. The third-order valence-electron chi connectivity index (χ3n) is 3.35. The normalized spacial score (nSPS) is 28.8. The highest BCUT2D eigenvalue weighted by Gasteiger charge is 2.46. The second kappa shape index (κ2) is 9.13. The number of phosphoric ester groups is 1. The molecular formula is C9H14BrN2O15P3. The molecule has 17 nitrogen and oxygen atoms in total. The number of nitrogens with zero attached hydrogens (tertiary/aromatic N) is 1. The Bertz CT molecular complexity index is 1050. The van der Waals surface area contributed by atoms with Gasteiger partial charge in [-0.2, -0.15) is 8.62 Å². The van der Waals surface area contributed by atoms with E-state index in [1.54, 1.807) is 0 Å². The zero-order chi connectivity index (χ0) is 23.1. The van der Waals surface area contributed by atoms with Crippen molar-refractivity contribution < 1.29 is 61.4 Å². The van der Waals surface area contributed by atoms with Crippen LogP contribution in [0.25, 0.3) is 0 Å². The number of aliphatic hydroxyl groups excluding tert-OH is 2. The van der Waals surface area contributed by atoms with Crippen LogP contribution < -0.4 is 11.2 Å². The molecule has 1 aromatic rings. The van der Waals surface area contributed by atoms with E-state index in [2.05, 4.69) is 29.1 Å². The molecule has 1 aliphatic rings. The smallest absolute Gasteiger partial charge is 0.387 e. The van der Waals surface area contributed by atoms with Crippen LogP contribution in [-0.2, 0) is 31.6 Å². The molecule has 6 atom stereocenters. The van der Waals surface area contributed by atoms with Gasteiger partial charge in [0.2, 0.25) is 0 Å². The first kappa shape index (κ1) is 25.7. The molecule has 0 bridgehead atoms. The van der Waals surface area contributed by atoms with Crippen LogP contribution in [0.2, 0.25) is 0 Å². The molecule has 1 aliphatic heterocycles. The van der Waals surface area contributed by atoms with Gasteiger partial charge in [0, 0.05) is 6.20 Å². The Hall–Kier alpha value is -0.550. The lowest BCUT2D eigenvalue weighted by Crippen LogP contribution is -2.38. The number of aromatic amines is 1. The molecule has 0 aliphatic carbocycles. The third kappa shape index (κ3) is 6.72. The lowest BCUT2D eigenvalue weighted by Gasteiger charge is -2.19. The van der Waals surface area contributed by atoms with E-state index in [0.29, 0.717) is 4.57 Å². The van der Waals surface area contributed by atoms with Crippen molar-refractivity contribution in [3.63, 3.8) is 0 Å². The van der Waals surface area contributed by atoms with Gasteiger partial charge in [-0.1, -0.05) is 0 Å². The van der Waals surface area contributed by atoms with Gasteiger partial charge >= 0.3 is 29.2 Å². The van der Waals surface area contributed by atoms with Crippen LogP contribution in [0.4, 0.5) is 0 Å². The Kier molecular flexibility index (Phi) is 7.83. The first-order valence-corrected chi connectivity index (χ1v) is 12.6. The predicted molar refractivity (Wildman–Crippen MR) is 94.8 cm³/mol. The fourth-order valence-electron chi connectivity index (χ4n) is 2.22. The quantitative estimate of drug-likeness (QED) is 0.173. The van der Waals surface area contributed by atoms with Gasteiger partial charge in [0.25, 0.3) is 5.56 Å². The summed E-state index contributed by atoms with van der Waals surface area (Å²) in [5.74, 6) is 0. The molecule has 1 aromatic heterocycles. The zero-order valence-corrected chi connectivity index (χ0v) is 18.4. The van der Waals surface area contributed by atoms with Crippen LogP contribution in [0.5, 0.6) is 0 Å². The van der Waals surface area contributed by atoms with Crippen molar-refractivity contribution in [1.82, 2.24) is 9.55 Å². The second-order valence-electron chi connectivity index (χ2n) is 5.58. The molecular weight excluding hydrogens is 549 g/mol. The first-order chi connectivity index (χ1) is 13.5. The molecule has 1 saturated heterocycles. The van der Waals surface area contributed by atoms with Crippen molar-refractivity contribution in [2.75, 3.05) is 6.61 Å². The van der Waals surface area contributed by atoms with Crippen molar-refractivity contribution in [3.05, 3.63) is 31.5 Å². The minimum atomic E-state index is -5.74. The number of nitrogens with one attached hydrogen (secondary N) is 1. The fraction of sp³-hybridized carbons (Fsp3) is 0.556. The summed E-state index contributed by atoms with van der Waals surface area (Å²) < 4.78 is 50.6. The highest BCUT2D eigenvalue weighted by molar-refractivity contribution is 9.10. The Labute approximate surface area is 173 Å². The van der Waals surface area contributed by atoms with Crippen molar-refractivity contribution in [3.8, 4) is 0 Å². The van der Waals surface area contributed by atoms with E-state index in [-0.39, 0.29) is 4.47 Å². The van der Waals surface area contributed by atoms with Crippen LogP contribution in [0.15, 0.2) is 20.3 Å². The van der Waals surface area contributed by atoms with E-state index in [1.165, 1.54) is 0 Å². The van der Waals surface area contributed by atoms with Crippen LogP contribution in [0, 0.1) is 0 Å². The number of H-pyrrole nitrogens is 1. The fourth-order valence-corrected chi connectivity index (χ4v) is 5.57. The minimum Gasteiger partial charge on any atom is -0.387 e. The summed E-state index contributed by atoms with van der Waals surface area (Å²) in [4.78, 5) is 60.5. The van der Waals surface area contributed by atoms with Gasteiger partial charge in [0.1, 0.15) is 18.3 Å². The molecule has 0 spiro atoms. The maximum atomic E-state index is 11.9. The number of hydrogen-bond acceptors (Lipinski definition) is 11. The standard InChI is InChI=1S/C9H14BrN2O15P3/c10-3-1-12(9(16)11-7(3)15)8-6(14)5(13)4(25-8)2-24-29(20,21)27-30(22,23)26-28(17,18)19/h1,4-6,8,13-14H,2H2,(H,20,21)(H,22,23)(H,11,15,16)(H2,17,18,19)/t4-,5-,6-,8?/m1/s1. The number of hydrogen-bond donors (Lipinski definition) is 7. The molecule has 0 radical (unpaired) electrons. The highest BCUT2D eigenvalue weighted by atomic mass is 79.9. The maximum absolute atomic E-state index is 11.9. The predicted octanol–water partition coefficient (Wildman–Crippen LogP) is -1.74. The largest absolute Gasteiger partial charge is 0.490 e. The van der Waals surface area contributed by atoms with Gasteiger partial charge < -0.3 is 34.5 Å². The van der Waals surface area contributed by atoms with E-state index in [4.69, 9.17) is 19.4 Å². The van der Waals surface area contributed by atoms with Gasteiger partial charge in [0.05, 0.1) is 11.1 Å². The van der Waals surface area contributed by atoms with Gasteiger partial charge in [-0.05, 0) is 15.9 Å². The van der Waals surface area contributed by atoms with Crippen LogP contribution in [0.1, 0.15) is 6.23 Å². The van der Waals surface area contributed by atoms with Gasteiger partial charge in [-0.25, -0.2) is 18.5 Å². The summed E-state index contributed by atoms with van der Waals surface area (Å²) >= 11 is 2.85. The summed E-state index contributed by atoms with van der Waals surface area (Å²) in [6, 6.07) is 0. The molecule has 2 heterocycles. The summed E-state index contributed by atoms with van der Waals surface area (Å²) in [5.41, 5.74) is -1.80. The molecule has 0 aromatic carbocycles. The SMILES string of the molecule is O=c1[nH]c(=O)n(C2O[C@H](COP(=O)(O)OP(=O)(O)OP(=O)(O)O)[C@@H](O)[C@H]2O)cc1Br. The molecule has 0 amide bonds. The number of halogens is 1. The van der Waals surface area contributed by atoms with Crippen molar-refractivity contribution in [1.29, 1.82) is 0 Å². The maximum Gasteiger partial charge on any atom is 0.490 e. The highest BCUT2D eigenvalue weighted by Crippen LogP contribution is 2.66. The lowest BCUT2D eigenvalue weighted by atomic mass is 10.1. The first-order valence-electron chi connectivity index (χ1n) is 7.32. The summed E-state index contributed by atoms with van der Waals surface area (Å²) in [6.07, 6.45) is -5.80. The Morgan fingerprint density at radius 1 is 1.07 bits per heavy atom. The number of ether oxygens (including phenoxy) is 1. The second-order valence-corrected chi connectivity index (χ2v) is 10.9. The molecule has 7 N–H and O–H groups in total. The van der Waals surface area contributed by atoms with Gasteiger partial charge in [-0.3, -0.25) is 18.9 Å². The number of aliphatic hydroxyl groups is 2. The van der Waals surface area contributed by atoms with Gasteiger partial charge in [0.15, 0.2) is 6.23 Å². The zero-order valence-electron chi connectivity index (χ0n) is 14.1. The van der Waals surface area contributed by atoms with Crippen LogP contribution in [0.3, 0.4) is 0 Å². The van der Waals surface area contributed by atoms with Crippen LogP contribution in [-0.4, -0.2) is 64.3 Å². The number of aromatic nitrogens is 2. The van der Waals surface area contributed by atoms with E-state index >= 15 is 0 Å². The Morgan fingerprint density at radius 2 is 1.67 bits per heavy atom. The van der Waals surface area contributed by atoms with E-state index in [9.17, 15) is 38.4 Å². The average molecular weight is 563 g/mol. The third-order valence-corrected chi connectivity index (χ3v) is 7.72. The number of phosphoric acid groups is 3. The van der Waals surface area contributed by atoms with Crippen molar-refractivity contribution in [2.45, 2.75) is 24.5 Å². The Morgan fingerprint density at radius 3 is 2.23 bits per heavy atom. The van der Waals surface area contributed by atoms with Crippen molar-refractivity contribution >= 4 is 39.4 Å². The molecule has 172 valence electrons.